The average Bonchev–Trinajstić information content (AvgIpc) is 3.14. The number of nitrogens with one attached hydrogen (secondary N) is 1. The molecule has 28 heavy (non-hydrogen) atoms. The molecule has 0 spiro atoms. The Hall–Kier alpha value is -3.12. The van der Waals surface area contributed by atoms with Crippen LogP contribution in [0.25, 0.3) is 0 Å². The van der Waals surface area contributed by atoms with Gasteiger partial charge in [0.25, 0.3) is 10.0 Å². The summed E-state index contributed by atoms with van der Waals surface area (Å²) in [7, 11) is -3.63. The van der Waals surface area contributed by atoms with E-state index in [9.17, 15) is 13.2 Å². The van der Waals surface area contributed by atoms with Crippen molar-refractivity contribution in [2.45, 2.75) is 17.7 Å². The van der Waals surface area contributed by atoms with Crippen LogP contribution < -0.4 is 9.62 Å². The molecule has 0 saturated heterocycles. The summed E-state index contributed by atoms with van der Waals surface area (Å²) in [6.07, 6.45) is 0.981. The molecule has 0 saturated carbocycles. The van der Waals surface area contributed by atoms with Gasteiger partial charge in [-0.1, -0.05) is 48.5 Å². The maximum absolute atomic E-state index is 13.0. The van der Waals surface area contributed by atoms with Gasteiger partial charge in [-0.05, 0) is 47.9 Å². The predicted molar refractivity (Wildman–Crippen MR) is 110 cm³/mol. The number of nitrogens with zero attached hydrogens (tertiary/aromatic N) is 1. The Labute approximate surface area is 164 Å². The van der Waals surface area contributed by atoms with E-state index in [0.29, 0.717) is 18.7 Å². The van der Waals surface area contributed by atoms with Crippen molar-refractivity contribution in [3.63, 3.8) is 0 Å². The number of hydrogen-bond acceptors (Lipinski definition) is 3. The molecule has 3 aromatic rings. The molecule has 0 atom stereocenters. The minimum atomic E-state index is -3.63. The van der Waals surface area contributed by atoms with E-state index in [2.05, 4.69) is 5.32 Å². The molecule has 6 heteroatoms. The average molecular weight is 392 g/mol. The van der Waals surface area contributed by atoms with Crippen molar-refractivity contribution in [3.05, 3.63) is 90.0 Å². The molecule has 0 bridgehead atoms. The van der Waals surface area contributed by atoms with Gasteiger partial charge in [-0.2, -0.15) is 0 Å². The molecule has 0 radical (unpaired) electrons. The molecule has 1 heterocycles. The number of sulfonamides is 1. The molecule has 5 nitrogen and oxygen atoms in total. The summed E-state index contributed by atoms with van der Waals surface area (Å²) in [5.41, 5.74) is 3.27. The molecule has 142 valence electrons. The summed E-state index contributed by atoms with van der Waals surface area (Å²) in [5.74, 6) is -0.143. The van der Waals surface area contributed by atoms with E-state index in [-0.39, 0.29) is 17.2 Å². The SMILES string of the molecule is O=C(Cc1ccccc1)Nc1ccc(S(=O)(=O)N2CCc3ccccc32)cc1. The molecule has 0 fully saturated rings. The molecule has 3 aromatic carbocycles. The monoisotopic (exact) mass is 392 g/mol. The van der Waals surface area contributed by atoms with Crippen molar-refractivity contribution < 1.29 is 13.2 Å². The summed E-state index contributed by atoms with van der Waals surface area (Å²) in [6, 6.07) is 23.3. The third kappa shape index (κ3) is 3.64. The van der Waals surface area contributed by atoms with E-state index < -0.39 is 10.0 Å². The van der Waals surface area contributed by atoms with Gasteiger partial charge in [-0.3, -0.25) is 9.10 Å². The maximum Gasteiger partial charge on any atom is 0.264 e. The Bertz CT molecular complexity index is 1090. The molecule has 0 aliphatic carbocycles. The zero-order chi connectivity index (χ0) is 19.6. The highest BCUT2D eigenvalue weighted by atomic mass is 32.2. The summed E-state index contributed by atoms with van der Waals surface area (Å²) >= 11 is 0. The maximum atomic E-state index is 13.0. The van der Waals surface area contributed by atoms with Crippen LogP contribution in [0.5, 0.6) is 0 Å². The third-order valence-corrected chi connectivity index (χ3v) is 6.61. The number of rotatable bonds is 5. The molecule has 0 unspecified atom stereocenters. The van der Waals surface area contributed by atoms with E-state index in [1.165, 1.54) is 16.4 Å². The summed E-state index contributed by atoms with van der Waals surface area (Å²) in [4.78, 5) is 12.4. The molecule has 0 aromatic heterocycles. The van der Waals surface area contributed by atoms with E-state index in [0.717, 1.165) is 16.8 Å². The summed E-state index contributed by atoms with van der Waals surface area (Å²) < 4.78 is 27.5. The first-order valence-electron chi connectivity index (χ1n) is 9.08. The smallest absolute Gasteiger partial charge is 0.264 e. The summed E-state index contributed by atoms with van der Waals surface area (Å²) in [6.45, 7) is 0.442. The molecule has 1 amide bonds. The van der Waals surface area contributed by atoms with E-state index >= 15 is 0 Å². The molecular formula is C22H20N2O3S. The fourth-order valence-electron chi connectivity index (χ4n) is 3.38. The Balaban J connectivity index is 1.48. The van der Waals surface area contributed by atoms with Gasteiger partial charge in [0.15, 0.2) is 0 Å². The number of carbonyl (C=O) groups is 1. The van der Waals surface area contributed by atoms with Crippen molar-refractivity contribution in [2.24, 2.45) is 0 Å². The molecular weight excluding hydrogens is 372 g/mol. The van der Waals surface area contributed by atoms with Gasteiger partial charge in [-0.15, -0.1) is 0 Å². The van der Waals surface area contributed by atoms with Crippen molar-refractivity contribution in [3.8, 4) is 0 Å². The van der Waals surface area contributed by atoms with Crippen LogP contribution in [0.4, 0.5) is 11.4 Å². The van der Waals surface area contributed by atoms with Crippen LogP contribution >= 0.6 is 0 Å². The Morgan fingerprint density at radius 1 is 0.893 bits per heavy atom. The van der Waals surface area contributed by atoms with Crippen LogP contribution in [-0.2, 0) is 27.7 Å². The lowest BCUT2D eigenvalue weighted by atomic mass is 10.1. The van der Waals surface area contributed by atoms with Crippen molar-refractivity contribution >= 4 is 27.3 Å². The lowest BCUT2D eigenvalue weighted by Crippen LogP contribution is -2.29. The van der Waals surface area contributed by atoms with Gasteiger partial charge in [0, 0.05) is 12.2 Å². The Morgan fingerprint density at radius 3 is 2.32 bits per heavy atom. The van der Waals surface area contributed by atoms with Gasteiger partial charge in [-0.25, -0.2) is 8.42 Å². The van der Waals surface area contributed by atoms with Crippen LogP contribution in [0.1, 0.15) is 11.1 Å². The number of carbonyl (C=O) groups excluding carboxylic acids is 1. The minimum absolute atomic E-state index is 0.143. The molecule has 4 rings (SSSR count). The highest BCUT2D eigenvalue weighted by Crippen LogP contribution is 2.32. The van der Waals surface area contributed by atoms with Crippen LogP contribution in [0.15, 0.2) is 83.8 Å². The number of anilines is 2. The van der Waals surface area contributed by atoms with Crippen LogP contribution in [0.2, 0.25) is 0 Å². The number of fused-ring (bicyclic) bond motifs is 1. The van der Waals surface area contributed by atoms with Crippen LogP contribution in [-0.4, -0.2) is 20.9 Å². The predicted octanol–water partition coefficient (Wildman–Crippen LogP) is 3.62. The number of hydrogen-bond donors (Lipinski definition) is 1. The third-order valence-electron chi connectivity index (χ3n) is 4.78. The first-order valence-corrected chi connectivity index (χ1v) is 10.5. The van der Waals surface area contributed by atoms with Gasteiger partial charge < -0.3 is 5.32 Å². The first-order chi connectivity index (χ1) is 13.5. The van der Waals surface area contributed by atoms with Crippen LogP contribution in [0.3, 0.4) is 0 Å². The van der Waals surface area contributed by atoms with Crippen molar-refractivity contribution in [2.75, 3.05) is 16.2 Å². The van der Waals surface area contributed by atoms with Gasteiger partial charge in [0.1, 0.15) is 0 Å². The second-order valence-corrected chi connectivity index (χ2v) is 8.55. The fraction of sp³-hybridized carbons (Fsp3) is 0.136. The molecule has 1 aliphatic heterocycles. The quantitative estimate of drug-likeness (QED) is 0.721. The lowest BCUT2D eigenvalue weighted by molar-refractivity contribution is -0.115. The zero-order valence-electron chi connectivity index (χ0n) is 15.2. The highest BCUT2D eigenvalue weighted by molar-refractivity contribution is 7.92. The van der Waals surface area contributed by atoms with Gasteiger partial charge >= 0.3 is 0 Å². The van der Waals surface area contributed by atoms with Crippen molar-refractivity contribution in [1.82, 2.24) is 0 Å². The topological polar surface area (TPSA) is 66.5 Å². The molecule has 1 aliphatic rings. The zero-order valence-corrected chi connectivity index (χ0v) is 16.0. The first kappa shape index (κ1) is 18.3. The summed E-state index contributed by atoms with van der Waals surface area (Å²) in [5, 5.41) is 2.81. The number of benzene rings is 3. The van der Waals surface area contributed by atoms with E-state index in [1.54, 1.807) is 12.1 Å². The van der Waals surface area contributed by atoms with Gasteiger partial charge in [0.2, 0.25) is 5.91 Å². The highest BCUT2D eigenvalue weighted by Gasteiger charge is 2.30. The lowest BCUT2D eigenvalue weighted by Gasteiger charge is -2.19. The largest absolute Gasteiger partial charge is 0.326 e. The van der Waals surface area contributed by atoms with Crippen LogP contribution in [0, 0.1) is 0 Å². The number of para-hydroxylation sites is 1. The van der Waals surface area contributed by atoms with E-state index in [4.69, 9.17) is 0 Å². The van der Waals surface area contributed by atoms with Crippen molar-refractivity contribution in [1.29, 1.82) is 0 Å². The normalized spacial score (nSPS) is 13.2. The Morgan fingerprint density at radius 2 is 1.57 bits per heavy atom. The Kier molecular flexibility index (Phi) is 4.88. The fourth-order valence-corrected chi connectivity index (χ4v) is 4.88. The second kappa shape index (κ2) is 7.48. The standard InChI is InChI=1S/C22H20N2O3S/c25-22(16-17-6-2-1-3-7-17)23-19-10-12-20(13-11-19)28(26,27)24-15-14-18-8-4-5-9-21(18)24/h1-13H,14-16H2,(H,23,25). The molecule has 1 N–H and O–H groups in total. The number of amides is 1. The van der Waals surface area contributed by atoms with E-state index in [1.807, 2.05) is 54.6 Å². The van der Waals surface area contributed by atoms with Gasteiger partial charge in [0.05, 0.1) is 17.0 Å². The minimum Gasteiger partial charge on any atom is -0.326 e. The second-order valence-electron chi connectivity index (χ2n) is 6.69.